The first-order valence-corrected chi connectivity index (χ1v) is 14.5. The molecule has 200 valence electrons. The molecule has 1 atom stereocenters. The summed E-state index contributed by atoms with van der Waals surface area (Å²) in [6, 6.07) is 8.92. The van der Waals surface area contributed by atoms with Gasteiger partial charge in [0.15, 0.2) is 0 Å². The molecule has 36 heavy (non-hydrogen) atoms. The van der Waals surface area contributed by atoms with Crippen LogP contribution in [0, 0.1) is 11.8 Å². The molecule has 2 aliphatic carbocycles. The van der Waals surface area contributed by atoms with E-state index in [1.165, 1.54) is 56.9 Å². The summed E-state index contributed by atoms with van der Waals surface area (Å²) in [5.41, 5.74) is 1.26. The summed E-state index contributed by atoms with van der Waals surface area (Å²) in [4.78, 5) is 0. The predicted octanol–water partition coefficient (Wildman–Crippen LogP) is 6.49. The van der Waals surface area contributed by atoms with E-state index in [2.05, 4.69) is 34.9 Å². The highest BCUT2D eigenvalue weighted by atomic mass is 32.1. The number of rotatable bonds is 12. The van der Waals surface area contributed by atoms with Gasteiger partial charge in [-0.3, -0.25) is 0 Å². The van der Waals surface area contributed by atoms with E-state index in [9.17, 15) is 0 Å². The molecule has 0 aromatic heterocycles. The summed E-state index contributed by atoms with van der Waals surface area (Å²) in [5.74, 6) is 2.63. The zero-order valence-electron chi connectivity index (χ0n) is 22.0. The van der Waals surface area contributed by atoms with Crippen LogP contribution in [0.3, 0.4) is 0 Å². The van der Waals surface area contributed by atoms with Crippen molar-refractivity contribution in [3.8, 4) is 5.75 Å². The minimum absolute atomic E-state index is 0.266. The van der Waals surface area contributed by atoms with Crippen molar-refractivity contribution in [3.05, 3.63) is 42.0 Å². The zero-order valence-corrected chi connectivity index (χ0v) is 23.6. The van der Waals surface area contributed by atoms with Gasteiger partial charge in [0.05, 0.1) is 6.61 Å². The van der Waals surface area contributed by atoms with Crippen molar-refractivity contribution >= 4 is 34.8 Å². The Hall–Kier alpha value is -1.86. The lowest BCUT2D eigenvalue weighted by Gasteiger charge is -2.32. The lowest BCUT2D eigenvalue weighted by molar-refractivity contribution is 0.206. The number of allylic oxidation sites excluding steroid dienone is 2. The molecule has 1 aromatic carbocycles. The van der Waals surface area contributed by atoms with Crippen LogP contribution in [0.2, 0.25) is 0 Å². The Morgan fingerprint density at radius 1 is 0.889 bits per heavy atom. The first kappa shape index (κ1) is 28.7. The van der Waals surface area contributed by atoms with Gasteiger partial charge in [-0.05, 0) is 132 Å². The fourth-order valence-electron chi connectivity index (χ4n) is 5.06. The fraction of sp³-hybridized carbons (Fsp3) is 0.655. The largest absolute Gasteiger partial charge is 0.490 e. The summed E-state index contributed by atoms with van der Waals surface area (Å²) in [5, 5.41) is 7.47. The first-order chi connectivity index (χ1) is 17.5. The summed E-state index contributed by atoms with van der Waals surface area (Å²) in [6.07, 6.45) is 17.0. The highest BCUT2D eigenvalue weighted by Crippen LogP contribution is 2.33. The first-order valence-electron chi connectivity index (χ1n) is 13.7. The van der Waals surface area contributed by atoms with Gasteiger partial charge in [0.1, 0.15) is 19.0 Å². The van der Waals surface area contributed by atoms with Crippen molar-refractivity contribution < 1.29 is 14.2 Å². The predicted molar refractivity (Wildman–Crippen MR) is 156 cm³/mol. The molecule has 0 bridgehead atoms. The molecule has 7 heteroatoms. The Balaban J connectivity index is 1.21. The van der Waals surface area contributed by atoms with Crippen LogP contribution in [0.4, 0.5) is 0 Å². The maximum atomic E-state index is 5.81. The van der Waals surface area contributed by atoms with Crippen LogP contribution in [0.15, 0.2) is 36.4 Å². The molecule has 1 aromatic rings. The molecule has 1 unspecified atom stereocenters. The topological polar surface area (TPSA) is 51.8 Å². The molecule has 0 saturated heterocycles. The highest BCUT2D eigenvalue weighted by molar-refractivity contribution is 7.80. The van der Waals surface area contributed by atoms with Gasteiger partial charge in [0.25, 0.3) is 10.3 Å². The Kier molecular flexibility index (Phi) is 12.8. The SMILES string of the molecule is CC(C)NC(=S)OCCOc1ccc(CCCOC(=S)NC2CCC(CC3CC=CCC3)CC2)cc1. The third-order valence-corrected chi connectivity index (χ3v) is 7.44. The monoisotopic (exact) mass is 532 g/mol. The molecule has 0 radical (unpaired) electrons. The van der Waals surface area contributed by atoms with Gasteiger partial charge >= 0.3 is 0 Å². The molecule has 2 aliphatic rings. The van der Waals surface area contributed by atoms with Crippen LogP contribution in [0.25, 0.3) is 0 Å². The molecule has 0 aliphatic heterocycles. The molecule has 5 nitrogen and oxygen atoms in total. The molecule has 0 heterocycles. The third kappa shape index (κ3) is 11.5. The molecule has 0 spiro atoms. The van der Waals surface area contributed by atoms with Crippen LogP contribution in [-0.4, -0.2) is 42.3 Å². The zero-order chi connectivity index (χ0) is 25.6. The third-order valence-electron chi connectivity index (χ3n) is 6.97. The smallest absolute Gasteiger partial charge is 0.256 e. The standard InChI is InChI=1S/C29H44N2O3S2/c1-22(2)30-28(35)34-20-19-32-27-16-12-23(13-17-27)9-6-18-33-29(36)31-26-14-10-25(11-15-26)21-24-7-4-3-5-8-24/h3-4,12-13,16-17,22,24-26H,5-11,14-15,18-21H2,1-2H3,(H,30,35)(H,31,36). The van der Waals surface area contributed by atoms with Crippen molar-refractivity contribution in [2.75, 3.05) is 19.8 Å². The van der Waals surface area contributed by atoms with Gasteiger partial charge in [-0.15, -0.1) is 0 Å². The maximum Gasteiger partial charge on any atom is 0.256 e. The van der Waals surface area contributed by atoms with Crippen molar-refractivity contribution in [2.24, 2.45) is 11.8 Å². The van der Waals surface area contributed by atoms with Gasteiger partial charge in [-0.2, -0.15) is 0 Å². The van der Waals surface area contributed by atoms with E-state index in [1.54, 1.807) is 0 Å². The van der Waals surface area contributed by atoms with E-state index < -0.39 is 0 Å². The molecule has 2 N–H and O–H groups in total. The number of benzene rings is 1. The van der Waals surface area contributed by atoms with Crippen LogP contribution in [-0.2, 0) is 15.9 Å². The van der Waals surface area contributed by atoms with Gasteiger partial charge in [-0.25, -0.2) is 0 Å². The van der Waals surface area contributed by atoms with E-state index in [4.69, 9.17) is 38.6 Å². The summed E-state index contributed by atoms with van der Waals surface area (Å²) in [6.45, 7) is 5.56. The van der Waals surface area contributed by atoms with E-state index in [1.807, 2.05) is 26.0 Å². The number of nitrogens with one attached hydrogen (secondary N) is 2. The van der Waals surface area contributed by atoms with Crippen molar-refractivity contribution in [3.63, 3.8) is 0 Å². The van der Waals surface area contributed by atoms with Gasteiger partial charge in [0, 0.05) is 12.1 Å². The van der Waals surface area contributed by atoms with Gasteiger partial charge in [-0.1, -0.05) is 24.3 Å². The number of thiocarbonyl (C=S) groups is 2. The number of ether oxygens (including phenoxy) is 3. The minimum Gasteiger partial charge on any atom is -0.490 e. The minimum atomic E-state index is 0.266. The normalized spacial score (nSPS) is 21.6. The number of hydrogen-bond donors (Lipinski definition) is 2. The molecular weight excluding hydrogens is 488 g/mol. The summed E-state index contributed by atoms with van der Waals surface area (Å²) < 4.78 is 17.0. The lowest BCUT2D eigenvalue weighted by Crippen LogP contribution is -2.38. The average molecular weight is 533 g/mol. The molecule has 0 amide bonds. The highest BCUT2D eigenvalue weighted by Gasteiger charge is 2.24. The van der Waals surface area contributed by atoms with Crippen molar-refractivity contribution in [1.29, 1.82) is 0 Å². The maximum absolute atomic E-state index is 5.81. The Morgan fingerprint density at radius 2 is 1.64 bits per heavy atom. The number of aryl methyl sites for hydroxylation is 1. The fourth-order valence-corrected chi connectivity index (χ4v) is 5.63. The second-order valence-electron chi connectivity index (χ2n) is 10.4. The molecule has 1 fully saturated rings. The lowest BCUT2D eigenvalue weighted by atomic mass is 9.78. The van der Waals surface area contributed by atoms with E-state index >= 15 is 0 Å². The second-order valence-corrected chi connectivity index (χ2v) is 11.2. The Labute approximate surface area is 228 Å². The van der Waals surface area contributed by atoms with Gasteiger partial charge < -0.3 is 24.8 Å². The van der Waals surface area contributed by atoms with Crippen LogP contribution in [0.5, 0.6) is 5.75 Å². The quantitative estimate of drug-likeness (QED) is 0.181. The second kappa shape index (κ2) is 16.1. The van der Waals surface area contributed by atoms with E-state index in [-0.39, 0.29) is 6.04 Å². The van der Waals surface area contributed by atoms with E-state index in [0.717, 1.165) is 30.4 Å². The van der Waals surface area contributed by atoms with Crippen molar-refractivity contribution in [1.82, 2.24) is 10.6 Å². The number of hydrogen-bond acceptors (Lipinski definition) is 5. The summed E-state index contributed by atoms with van der Waals surface area (Å²) in [7, 11) is 0. The van der Waals surface area contributed by atoms with Crippen LogP contribution < -0.4 is 15.4 Å². The average Bonchev–Trinajstić information content (AvgIpc) is 2.87. The summed E-state index contributed by atoms with van der Waals surface area (Å²) >= 11 is 10.6. The van der Waals surface area contributed by atoms with Crippen LogP contribution in [0.1, 0.15) is 77.2 Å². The molecule has 3 rings (SSSR count). The molecular formula is C29H44N2O3S2. The van der Waals surface area contributed by atoms with Gasteiger partial charge in [0.2, 0.25) is 0 Å². The van der Waals surface area contributed by atoms with Crippen LogP contribution >= 0.6 is 24.4 Å². The van der Waals surface area contributed by atoms with Crippen molar-refractivity contribution in [2.45, 2.75) is 90.1 Å². The Bertz CT molecular complexity index is 820. The Morgan fingerprint density at radius 3 is 2.33 bits per heavy atom. The molecule has 1 saturated carbocycles. The van der Waals surface area contributed by atoms with E-state index in [0.29, 0.717) is 36.2 Å².